The Bertz CT molecular complexity index is 511. The number of amides is 2. The first kappa shape index (κ1) is 18.6. The van der Waals surface area contributed by atoms with E-state index in [2.05, 4.69) is 24.1 Å². The molecule has 124 valence electrons. The minimum Gasteiger partial charge on any atom is -0.328 e. The summed E-state index contributed by atoms with van der Waals surface area (Å²) in [6, 6.07) is -0.646. The maximum atomic E-state index is 12.3. The van der Waals surface area contributed by atoms with Crippen molar-refractivity contribution in [3.8, 4) is 0 Å². The fourth-order valence-electron chi connectivity index (χ4n) is 2.05. The summed E-state index contributed by atoms with van der Waals surface area (Å²) in [5, 5.41) is 3.91. The number of Topliss-reactive ketones (excluding diaryl/α,β-unsaturated/α-hetero) is 1. The van der Waals surface area contributed by atoms with E-state index in [0.29, 0.717) is 18.9 Å². The normalized spacial score (nSPS) is 12.5. The molecule has 0 aliphatic rings. The SMILES string of the molecule is CCC(=O)C(NC(=O)N(C)Cc1cnc(C(C)C)s1)C(C)C. The molecule has 6 heteroatoms. The molecule has 1 aromatic rings. The molecule has 1 atom stereocenters. The lowest BCUT2D eigenvalue weighted by atomic mass is 9.98. The van der Waals surface area contributed by atoms with Gasteiger partial charge in [0.2, 0.25) is 0 Å². The molecule has 0 saturated heterocycles. The number of ketones is 1. The van der Waals surface area contributed by atoms with Gasteiger partial charge in [0.1, 0.15) is 0 Å². The largest absolute Gasteiger partial charge is 0.328 e. The van der Waals surface area contributed by atoms with Gasteiger partial charge in [-0.1, -0.05) is 34.6 Å². The number of urea groups is 1. The minimum absolute atomic E-state index is 0.0663. The Kier molecular flexibility index (Phi) is 7.00. The lowest BCUT2D eigenvalue weighted by molar-refractivity contribution is -0.121. The Morgan fingerprint density at radius 1 is 1.32 bits per heavy atom. The minimum atomic E-state index is -0.423. The molecule has 0 aliphatic carbocycles. The van der Waals surface area contributed by atoms with E-state index in [-0.39, 0.29) is 17.7 Å². The van der Waals surface area contributed by atoms with E-state index in [9.17, 15) is 9.59 Å². The van der Waals surface area contributed by atoms with E-state index in [1.165, 1.54) is 0 Å². The Hall–Kier alpha value is -1.43. The highest BCUT2D eigenvalue weighted by Gasteiger charge is 2.24. The van der Waals surface area contributed by atoms with E-state index >= 15 is 0 Å². The summed E-state index contributed by atoms with van der Waals surface area (Å²) in [7, 11) is 1.73. The molecular formula is C16H27N3O2S. The fourth-order valence-corrected chi connectivity index (χ4v) is 3.02. The smallest absolute Gasteiger partial charge is 0.318 e. The lowest BCUT2D eigenvalue weighted by Crippen LogP contribution is -2.48. The number of aromatic nitrogens is 1. The van der Waals surface area contributed by atoms with Crippen molar-refractivity contribution in [2.75, 3.05) is 7.05 Å². The van der Waals surface area contributed by atoms with Gasteiger partial charge in [-0.15, -0.1) is 11.3 Å². The van der Waals surface area contributed by atoms with Crippen LogP contribution in [0.2, 0.25) is 0 Å². The Morgan fingerprint density at radius 2 is 1.95 bits per heavy atom. The van der Waals surface area contributed by atoms with Crippen molar-refractivity contribution in [2.45, 2.75) is 59.5 Å². The zero-order chi connectivity index (χ0) is 16.9. The van der Waals surface area contributed by atoms with Crippen molar-refractivity contribution in [3.63, 3.8) is 0 Å². The van der Waals surface area contributed by atoms with Gasteiger partial charge < -0.3 is 10.2 Å². The standard InChI is InChI=1S/C16H27N3O2S/c1-7-13(20)14(10(2)3)18-16(21)19(6)9-12-8-17-15(22-12)11(4)5/h8,10-11,14H,7,9H2,1-6H3,(H,18,21). The maximum Gasteiger partial charge on any atom is 0.318 e. The maximum absolute atomic E-state index is 12.3. The van der Waals surface area contributed by atoms with Crippen LogP contribution in [0.15, 0.2) is 6.20 Å². The van der Waals surface area contributed by atoms with E-state index in [1.54, 1.807) is 23.3 Å². The van der Waals surface area contributed by atoms with Gasteiger partial charge >= 0.3 is 6.03 Å². The highest BCUT2D eigenvalue weighted by molar-refractivity contribution is 7.11. The number of hydrogen-bond acceptors (Lipinski definition) is 4. The molecule has 0 aromatic carbocycles. The predicted molar refractivity (Wildman–Crippen MR) is 90.1 cm³/mol. The molecular weight excluding hydrogens is 298 g/mol. The van der Waals surface area contributed by atoms with Crippen LogP contribution >= 0.6 is 11.3 Å². The highest BCUT2D eigenvalue weighted by Crippen LogP contribution is 2.22. The van der Waals surface area contributed by atoms with Gasteiger partial charge in [-0.3, -0.25) is 4.79 Å². The first-order valence-corrected chi connectivity index (χ1v) is 8.56. The molecule has 22 heavy (non-hydrogen) atoms. The van der Waals surface area contributed by atoms with Crippen molar-refractivity contribution in [3.05, 3.63) is 16.1 Å². The predicted octanol–water partition coefficient (Wildman–Crippen LogP) is 3.41. The summed E-state index contributed by atoms with van der Waals surface area (Å²) in [6.45, 7) is 10.4. The molecule has 5 nitrogen and oxygen atoms in total. The molecule has 2 amide bonds. The van der Waals surface area contributed by atoms with Gasteiger partial charge in [-0.2, -0.15) is 0 Å². The lowest BCUT2D eigenvalue weighted by Gasteiger charge is -2.24. The summed E-state index contributed by atoms with van der Waals surface area (Å²) in [4.78, 5) is 31.2. The van der Waals surface area contributed by atoms with E-state index in [0.717, 1.165) is 9.88 Å². The van der Waals surface area contributed by atoms with Crippen LogP contribution in [0.5, 0.6) is 0 Å². The average molecular weight is 325 g/mol. The summed E-state index contributed by atoms with van der Waals surface area (Å²) < 4.78 is 0. The van der Waals surface area contributed by atoms with Crippen LogP contribution in [-0.2, 0) is 11.3 Å². The second-order valence-electron chi connectivity index (χ2n) is 6.17. The zero-order valence-electron chi connectivity index (χ0n) is 14.3. The summed E-state index contributed by atoms with van der Waals surface area (Å²) in [5.74, 6) is 0.544. The number of hydrogen-bond donors (Lipinski definition) is 1. The third-order valence-electron chi connectivity index (χ3n) is 3.45. The summed E-state index contributed by atoms with van der Waals surface area (Å²) >= 11 is 1.62. The monoisotopic (exact) mass is 325 g/mol. The van der Waals surface area contributed by atoms with Crippen molar-refractivity contribution in [1.29, 1.82) is 0 Å². The topological polar surface area (TPSA) is 62.3 Å². The Balaban J connectivity index is 2.65. The molecule has 1 unspecified atom stereocenters. The van der Waals surface area contributed by atoms with E-state index in [4.69, 9.17) is 0 Å². The fraction of sp³-hybridized carbons (Fsp3) is 0.688. The first-order chi connectivity index (χ1) is 10.3. The number of carbonyl (C=O) groups excluding carboxylic acids is 2. The van der Waals surface area contributed by atoms with Crippen LogP contribution in [-0.4, -0.2) is 34.8 Å². The van der Waals surface area contributed by atoms with Crippen molar-refractivity contribution in [2.24, 2.45) is 5.92 Å². The number of thiazole rings is 1. The zero-order valence-corrected chi connectivity index (χ0v) is 15.2. The molecule has 0 radical (unpaired) electrons. The van der Waals surface area contributed by atoms with Gasteiger partial charge in [0.15, 0.2) is 5.78 Å². The summed E-state index contributed by atoms with van der Waals surface area (Å²) in [5.41, 5.74) is 0. The van der Waals surface area contributed by atoms with Gasteiger partial charge in [0, 0.05) is 30.5 Å². The third-order valence-corrected chi connectivity index (χ3v) is 4.73. The van der Waals surface area contributed by atoms with Crippen molar-refractivity contribution < 1.29 is 9.59 Å². The van der Waals surface area contributed by atoms with Crippen LogP contribution in [0.1, 0.15) is 56.8 Å². The van der Waals surface area contributed by atoms with Crippen LogP contribution in [0.4, 0.5) is 4.79 Å². The number of rotatable bonds is 7. The molecule has 0 bridgehead atoms. The molecule has 0 fully saturated rings. The molecule has 1 N–H and O–H groups in total. The van der Waals surface area contributed by atoms with Gasteiger partial charge in [-0.25, -0.2) is 9.78 Å². The quantitative estimate of drug-likeness (QED) is 0.835. The second-order valence-corrected chi connectivity index (χ2v) is 7.31. The second kappa shape index (κ2) is 8.27. The van der Waals surface area contributed by atoms with Gasteiger partial charge in [-0.05, 0) is 5.92 Å². The molecule has 1 aromatic heterocycles. The molecule has 1 heterocycles. The Morgan fingerprint density at radius 3 is 2.41 bits per heavy atom. The van der Waals surface area contributed by atoms with Crippen LogP contribution < -0.4 is 5.32 Å². The Labute approximate surface area is 137 Å². The van der Waals surface area contributed by atoms with Crippen LogP contribution in [0, 0.1) is 5.92 Å². The van der Waals surface area contributed by atoms with E-state index in [1.807, 2.05) is 27.0 Å². The van der Waals surface area contributed by atoms with Crippen molar-refractivity contribution >= 4 is 23.2 Å². The van der Waals surface area contributed by atoms with E-state index < -0.39 is 6.04 Å². The van der Waals surface area contributed by atoms with Gasteiger partial charge in [0.25, 0.3) is 0 Å². The number of nitrogens with zero attached hydrogens (tertiary/aromatic N) is 2. The average Bonchev–Trinajstić information content (AvgIpc) is 2.91. The molecule has 0 aliphatic heterocycles. The van der Waals surface area contributed by atoms with Crippen LogP contribution in [0.25, 0.3) is 0 Å². The molecule has 1 rings (SSSR count). The highest BCUT2D eigenvalue weighted by atomic mass is 32.1. The first-order valence-electron chi connectivity index (χ1n) is 7.75. The molecule has 0 spiro atoms. The summed E-state index contributed by atoms with van der Waals surface area (Å²) in [6.07, 6.45) is 2.25. The van der Waals surface area contributed by atoms with Crippen molar-refractivity contribution in [1.82, 2.24) is 15.2 Å². The molecule has 0 saturated carbocycles. The van der Waals surface area contributed by atoms with Crippen LogP contribution in [0.3, 0.4) is 0 Å². The number of nitrogens with one attached hydrogen (secondary N) is 1. The third kappa shape index (κ3) is 5.09. The number of carbonyl (C=O) groups is 2. The van der Waals surface area contributed by atoms with Gasteiger partial charge in [0.05, 0.1) is 17.6 Å².